The lowest BCUT2D eigenvalue weighted by Crippen LogP contribution is -3.15. The minimum atomic E-state index is 0.0395. The molecule has 0 aromatic heterocycles. The molecule has 5 nitrogen and oxygen atoms in total. The van der Waals surface area contributed by atoms with Gasteiger partial charge in [-0.1, -0.05) is 6.07 Å². The molecule has 0 unspecified atom stereocenters. The number of carbonyl (C=O) groups is 1. The molecular formula is C19H23BrN3O2+. The average Bonchev–Trinajstić information content (AvgIpc) is 2.59. The zero-order valence-corrected chi connectivity index (χ0v) is 15.8. The van der Waals surface area contributed by atoms with Gasteiger partial charge in [0.25, 0.3) is 5.91 Å². The third kappa shape index (κ3) is 4.74. The summed E-state index contributed by atoms with van der Waals surface area (Å²) in [5.41, 5.74) is 3.09. The molecule has 3 N–H and O–H groups in total. The first-order valence-corrected chi connectivity index (χ1v) is 9.24. The van der Waals surface area contributed by atoms with Crippen molar-refractivity contribution in [3.05, 3.63) is 52.5 Å². The highest BCUT2D eigenvalue weighted by Gasteiger charge is 2.22. The van der Waals surface area contributed by atoms with E-state index in [1.807, 2.05) is 37.3 Å². The number of aryl methyl sites for hydroxylation is 1. The lowest BCUT2D eigenvalue weighted by molar-refractivity contribution is -0.892. The predicted octanol–water partition coefficient (Wildman–Crippen LogP) is 1.81. The van der Waals surface area contributed by atoms with E-state index >= 15 is 0 Å². The summed E-state index contributed by atoms with van der Waals surface area (Å²) in [5, 5.41) is 12.4. The molecule has 1 heterocycles. The Balaban J connectivity index is 1.50. The van der Waals surface area contributed by atoms with Crippen LogP contribution < -0.4 is 15.1 Å². The number of aromatic hydroxyl groups is 1. The fraction of sp³-hybridized carbons (Fsp3) is 0.316. The first-order chi connectivity index (χ1) is 12.0. The Hall–Kier alpha value is -2.05. The third-order valence-electron chi connectivity index (χ3n) is 4.49. The van der Waals surface area contributed by atoms with Crippen molar-refractivity contribution in [2.24, 2.45) is 0 Å². The number of phenols is 1. The van der Waals surface area contributed by atoms with Crippen molar-refractivity contribution in [3.8, 4) is 5.75 Å². The van der Waals surface area contributed by atoms with E-state index in [0.717, 1.165) is 47.6 Å². The molecule has 2 aromatic rings. The third-order valence-corrected chi connectivity index (χ3v) is 5.15. The fourth-order valence-corrected chi connectivity index (χ4v) is 3.66. The van der Waals surface area contributed by atoms with Gasteiger partial charge in [-0.05, 0) is 64.8 Å². The van der Waals surface area contributed by atoms with Gasteiger partial charge in [-0.15, -0.1) is 0 Å². The molecule has 1 aliphatic rings. The Morgan fingerprint density at radius 1 is 1.20 bits per heavy atom. The molecule has 1 saturated heterocycles. The SMILES string of the molecule is Cc1ccc(NC(=O)C[NH+]2CCN(c3ccc(O)cc3)CC2)c(Br)c1. The number of nitrogens with zero attached hydrogens (tertiary/aromatic N) is 1. The number of phenolic OH excluding ortho intramolecular Hbond substituents is 1. The van der Waals surface area contributed by atoms with Crippen LogP contribution in [0.15, 0.2) is 46.9 Å². The molecule has 1 fully saturated rings. The van der Waals surface area contributed by atoms with Crippen LogP contribution in [0.25, 0.3) is 0 Å². The van der Waals surface area contributed by atoms with Crippen LogP contribution in [0.2, 0.25) is 0 Å². The number of anilines is 2. The highest BCUT2D eigenvalue weighted by molar-refractivity contribution is 9.10. The highest BCUT2D eigenvalue weighted by atomic mass is 79.9. The number of halogens is 1. The highest BCUT2D eigenvalue weighted by Crippen LogP contribution is 2.23. The normalized spacial score (nSPS) is 15.2. The number of rotatable bonds is 4. The van der Waals surface area contributed by atoms with Gasteiger partial charge in [0, 0.05) is 10.2 Å². The van der Waals surface area contributed by atoms with E-state index in [2.05, 4.69) is 26.1 Å². The van der Waals surface area contributed by atoms with Crippen LogP contribution in [-0.4, -0.2) is 43.7 Å². The Kier molecular flexibility index (Phi) is 5.60. The smallest absolute Gasteiger partial charge is 0.279 e. The van der Waals surface area contributed by atoms with Gasteiger partial charge >= 0.3 is 0 Å². The minimum Gasteiger partial charge on any atom is -0.508 e. The van der Waals surface area contributed by atoms with Gasteiger partial charge in [0.15, 0.2) is 6.54 Å². The first kappa shape index (κ1) is 17.8. The lowest BCUT2D eigenvalue weighted by Gasteiger charge is -2.33. The number of nitrogens with one attached hydrogen (secondary N) is 2. The Bertz CT molecular complexity index is 741. The molecule has 0 aliphatic carbocycles. The van der Waals surface area contributed by atoms with E-state index in [0.29, 0.717) is 6.54 Å². The van der Waals surface area contributed by atoms with Crippen LogP contribution in [0.5, 0.6) is 5.75 Å². The summed E-state index contributed by atoms with van der Waals surface area (Å²) in [5.74, 6) is 0.324. The predicted molar refractivity (Wildman–Crippen MR) is 103 cm³/mol. The zero-order valence-electron chi connectivity index (χ0n) is 14.3. The molecule has 1 aliphatic heterocycles. The topological polar surface area (TPSA) is 57.0 Å². The second kappa shape index (κ2) is 7.89. The summed E-state index contributed by atoms with van der Waals surface area (Å²) in [4.78, 5) is 15.9. The first-order valence-electron chi connectivity index (χ1n) is 8.45. The van der Waals surface area contributed by atoms with E-state index in [-0.39, 0.29) is 11.7 Å². The molecule has 1 amide bonds. The van der Waals surface area contributed by atoms with Gasteiger partial charge in [0.2, 0.25) is 0 Å². The van der Waals surface area contributed by atoms with Crippen molar-refractivity contribution in [1.82, 2.24) is 0 Å². The van der Waals surface area contributed by atoms with E-state index in [1.54, 1.807) is 12.1 Å². The van der Waals surface area contributed by atoms with Crippen LogP contribution in [0.3, 0.4) is 0 Å². The monoisotopic (exact) mass is 404 g/mol. The maximum Gasteiger partial charge on any atom is 0.279 e. The molecule has 0 spiro atoms. The maximum atomic E-state index is 12.3. The summed E-state index contributed by atoms with van der Waals surface area (Å²) >= 11 is 3.49. The average molecular weight is 405 g/mol. The van der Waals surface area contributed by atoms with Gasteiger partial charge in [0.05, 0.1) is 31.9 Å². The van der Waals surface area contributed by atoms with Crippen molar-refractivity contribution in [2.75, 3.05) is 42.9 Å². The molecule has 3 rings (SSSR count). The van der Waals surface area contributed by atoms with Gasteiger partial charge in [-0.3, -0.25) is 4.79 Å². The molecule has 132 valence electrons. The molecule has 6 heteroatoms. The van der Waals surface area contributed by atoms with E-state index in [4.69, 9.17) is 0 Å². The summed E-state index contributed by atoms with van der Waals surface area (Å²) in [7, 11) is 0. The number of piperazine rings is 1. The summed E-state index contributed by atoms with van der Waals surface area (Å²) in [6, 6.07) is 13.2. The summed E-state index contributed by atoms with van der Waals surface area (Å²) < 4.78 is 0.910. The van der Waals surface area contributed by atoms with Gasteiger partial charge in [-0.25, -0.2) is 0 Å². The summed E-state index contributed by atoms with van der Waals surface area (Å²) in [6.07, 6.45) is 0. The van der Waals surface area contributed by atoms with Crippen LogP contribution in [0.4, 0.5) is 11.4 Å². The number of carbonyl (C=O) groups excluding carboxylic acids is 1. The molecular weight excluding hydrogens is 382 g/mol. The number of hydrogen-bond acceptors (Lipinski definition) is 3. The van der Waals surface area contributed by atoms with E-state index in [9.17, 15) is 9.90 Å². The van der Waals surface area contributed by atoms with E-state index in [1.165, 1.54) is 4.90 Å². The quantitative estimate of drug-likeness (QED) is 0.728. The van der Waals surface area contributed by atoms with Crippen LogP contribution >= 0.6 is 15.9 Å². The second-order valence-corrected chi connectivity index (χ2v) is 7.32. The van der Waals surface area contributed by atoms with Crippen LogP contribution in [0.1, 0.15) is 5.56 Å². The van der Waals surface area contributed by atoms with Crippen molar-refractivity contribution < 1.29 is 14.8 Å². The number of amides is 1. The second-order valence-electron chi connectivity index (χ2n) is 6.46. The zero-order chi connectivity index (χ0) is 17.8. The number of quaternary nitrogens is 1. The lowest BCUT2D eigenvalue weighted by atomic mass is 10.2. The van der Waals surface area contributed by atoms with Crippen molar-refractivity contribution in [3.63, 3.8) is 0 Å². The fourth-order valence-electron chi connectivity index (χ4n) is 3.06. The van der Waals surface area contributed by atoms with Crippen molar-refractivity contribution in [1.29, 1.82) is 0 Å². The number of hydrogen-bond donors (Lipinski definition) is 3. The maximum absolute atomic E-state index is 12.3. The van der Waals surface area contributed by atoms with Gasteiger partial charge in [0.1, 0.15) is 5.75 Å². The molecule has 0 bridgehead atoms. The standard InChI is InChI=1S/C19H22BrN3O2/c1-14-2-7-18(17(20)12-14)21-19(25)13-22-8-10-23(11-9-22)15-3-5-16(24)6-4-15/h2-7,12,24H,8-11,13H2,1H3,(H,21,25)/p+1. The number of benzene rings is 2. The Morgan fingerprint density at radius 2 is 1.88 bits per heavy atom. The van der Waals surface area contributed by atoms with Crippen LogP contribution in [-0.2, 0) is 4.79 Å². The van der Waals surface area contributed by atoms with Gasteiger partial charge in [-0.2, -0.15) is 0 Å². The Morgan fingerprint density at radius 3 is 2.52 bits per heavy atom. The molecule has 0 saturated carbocycles. The van der Waals surface area contributed by atoms with Crippen molar-refractivity contribution >= 4 is 33.2 Å². The largest absolute Gasteiger partial charge is 0.508 e. The summed E-state index contributed by atoms with van der Waals surface area (Å²) in [6.45, 7) is 6.15. The molecule has 2 aromatic carbocycles. The molecule has 0 radical (unpaired) electrons. The minimum absolute atomic E-state index is 0.0395. The van der Waals surface area contributed by atoms with Gasteiger partial charge < -0.3 is 20.2 Å². The molecule has 0 atom stereocenters. The van der Waals surface area contributed by atoms with Crippen molar-refractivity contribution in [2.45, 2.75) is 6.92 Å². The Labute approximate surface area is 156 Å². The molecule has 25 heavy (non-hydrogen) atoms. The van der Waals surface area contributed by atoms with E-state index < -0.39 is 0 Å². The van der Waals surface area contributed by atoms with Crippen LogP contribution in [0, 0.1) is 6.92 Å².